The fourth-order valence-corrected chi connectivity index (χ4v) is 5.51. The summed E-state index contributed by atoms with van der Waals surface area (Å²) in [6.07, 6.45) is 10.6. The minimum Gasteiger partial charge on any atom is -0.350 e. The molecule has 5 fully saturated rings. The number of hydrogen-bond acceptors (Lipinski definition) is 2. The maximum Gasteiger partial charge on any atom is 0.223 e. The van der Waals surface area contributed by atoms with Gasteiger partial charge >= 0.3 is 0 Å². The van der Waals surface area contributed by atoms with Crippen molar-refractivity contribution in [3.05, 3.63) is 0 Å². The van der Waals surface area contributed by atoms with Crippen LogP contribution >= 0.6 is 0 Å². The standard InChI is InChI=1S/C15H24N2O/c16-14-5-10-4-11(6-14)8-15(7-10,9-14)17-13(18)12-2-1-3-12/h10-12H,1-9,16H2,(H,17,18). The zero-order valence-corrected chi connectivity index (χ0v) is 11.1. The molecule has 0 radical (unpaired) electrons. The zero-order valence-electron chi connectivity index (χ0n) is 11.1. The third-order valence-electron chi connectivity index (χ3n) is 5.97. The second-order valence-electron chi connectivity index (χ2n) is 7.72. The fourth-order valence-electron chi connectivity index (χ4n) is 5.51. The van der Waals surface area contributed by atoms with Crippen molar-refractivity contribution >= 4 is 5.91 Å². The highest BCUT2D eigenvalue weighted by Crippen LogP contribution is 2.56. The predicted molar refractivity (Wildman–Crippen MR) is 69.8 cm³/mol. The Morgan fingerprint density at radius 2 is 1.78 bits per heavy atom. The number of hydrogen-bond donors (Lipinski definition) is 2. The Labute approximate surface area is 109 Å². The molecule has 2 unspecified atom stereocenters. The van der Waals surface area contributed by atoms with E-state index in [1.807, 2.05) is 0 Å². The van der Waals surface area contributed by atoms with Gasteiger partial charge in [0.15, 0.2) is 0 Å². The Morgan fingerprint density at radius 1 is 1.11 bits per heavy atom. The third-order valence-corrected chi connectivity index (χ3v) is 5.97. The summed E-state index contributed by atoms with van der Waals surface area (Å²) in [4.78, 5) is 12.3. The Morgan fingerprint density at radius 3 is 2.28 bits per heavy atom. The number of nitrogens with two attached hydrogens (primary N) is 1. The summed E-state index contributed by atoms with van der Waals surface area (Å²) in [6.45, 7) is 0. The lowest BCUT2D eigenvalue weighted by molar-refractivity contribution is -0.133. The van der Waals surface area contributed by atoms with Crippen molar-refractivity contribution in [2.75, 3.05) is 0 Å². The van der Waals surface area contributed by atoms with E-state index >= 15 is 0 Å². The van der Waals surface area contributed by atoms with Gasteiger partial charge in [-0.1, -0.05) is 6.42 Å². The highest BCUT2D eigenvalue weighted by Gasteiger charge is 2.57. The van der Waals surface area contributed by atoms with Crippen LogP contribution in [-0.2, 0) is 4.79 Å². The number of amides is 1. The summed E-state index contributed by atoms with van der Waals surface area (Å²) in [5.41, 5.74) is 6.67. The minimum atomic E-state index is 0.0387. The maximum atomic E-state index is 12.3. The SMILES string of the molecule is NC12CC3CC(C1)CC(NC(=O)C1CCC1)(C3)C2. The molecular formula is C15H24N2O. The van der Waals surface area contributed by atoms with E-state index in [1.54, 1.807) is 0 Å². The molecule has 4 bridgehead atoms. The molecule has 100 valence electrons. The van der Waals surface area contributed by atoms with Crippen molar-refractivity contribution in [2.45, 2.75) is 68.9 Å². The van der Waals surface area contributed by atoms with Crippen LogP contribution in [-0.4, -0.2) is 17.0 Å². The number of rotatable bonds is 2. The summed E-state index contributed by atoms with van der Waals surface area (Å²) in [6, 6.07) is 0. The fraction of sp³-hybridized carbons (Fsp3) is 0.933. The Kier molecular flexibility index (Phi) is 2.19. The average Bonchev–Trinajstić information content (AvgIpc) is 2.07. The van der Waals surface area contributed by atoms with Crippen LogP contribution in [0, 0.1) is 17.8 Å². The summed E-state index contributed by atoms with van der Waals surface area (Å²) >= 11 is 0. The highest BCUT2D eigenvalue weighted by molar-refractivity contribution is 5.80. The third kappa shape index (κ3) is 1.63. The maximum absolute atomic E-state index is 12.3. The largest absolute Gasteiger partial charge is 0.350 e. The molecule has 2 atom stereocenters. The van der Waals surface area contributed by atoms with Crippen LogP contribution in [0.15, 0.2) is 0 Å². The molecule has 5 aliphatic carbocycles. The number of carbonyl (C=O) groups excluding carboxylic acids is 1. The molecule has 0 spiro atoms. The van der Waals surface area contributed by atoms with Gasteiger partial charge in [-0.15, -0.1) is 0 Å². The lowest BCUT2D eigenvalue weighted by Gasteiger charge is -2.61. The molecule has 5 saturated carbocycles. The molecule has 3 nitrogen and oxygen atoms in total. The minimum absolute atomic E-state index is 0.0387. The van der Waals surface area contributed by atoms with Crippen molar-refractivity contribution in [2.24, 2.45) is 23.5 Å². The molecule has 0 aromatic rings. The summed E-state index contributed by atoms with van der Waals surface area (Å²) in [5, 5.41) is 3.43. The van der Waals surface area contributed by atoms with Gasteiger partial charge in [0.25, 0.3) is 0 Å². The van der Waals surface area contributed by atoms with E-state index in [9.17, 15) is 4.79 Å². The van der Waals surface area contributed by atoms with Crippen LogP contribution in [0.4, 0.5) is 0 Å². The molecule has 0 heterocycles. The molecule has 3 N–H and O–H groups in total. The predicted octanol–water partition coefficient (Wildman–Crippen LogP) is 1.95. The first-order valence-corrected chi connectivity index (χ1v) is 7.67. The van der Waals surface area contributed by atoms with E-state index in [1.165, 1.54) is 38.5 Å². The summed E-state index contributed by atoms with van der Waals surface area (Å²) in [7, 11) is 0. The van der Waals surface area contributed by atoms with Crippen molar-refractivity contribution < 1.29 is 4.79 Å². The lowest BCUT2D eigenvalue weighted by Crippen LogP contribution is -2.68. The van der Waals surface area contributed by atoms with Gasteiger partial charge < -0.3 is 11.1 Å². The Bertz CT molecular complexity index is 374. The van der Waals surface area contributed by atoms with Gasteiger partial charge in [0.1, 0.15) is 0 Å². The van der Waals surface area contributed by atoms with Gasteiger partial charge in [-0.3, -0.25) is 4.79 Å². The van der Waals surface area contributed by atoms with Crippen molar-refractivity contribution in [3.63, 3.8) is 0 Å². The molecule has 5 aliphatic rings. The average molecular weight is 248 g/mol. The van der Waals surface area contributed by atoms with Gasteiger partial charge in [-0.25, -0.2) is 0 Å². The van der Waals surface area contributed by atoms with Crippen LogP contribution in [0.2, 0.25) is 0 Å². The van der Waals surface area contributed by atoms with Crippen molar-refractivity contribution in [3.8, 4) is 0 Å². The van der Waals surface area contributed by atoms with E-state index in [2.05, 4.69) is 5.32 Å². The first-order valence-electron chi connectivity index (χ1n) is 7.67. The molecule has 18 heavy (non-hydrogen) atoms. The van der Waals surface area contributed by atoms with E-state index in [4.69, 9.17) is 5.73 Å². The monoisotopic (exact) mass is 248 g/mol. The zero-order chi connectivity index (χ0) is 12.4. The van der Waals surface area contributed by atoms with Gasteiger partial charge in [-0.2, -0.15) is 0 Å². The second-order valence-corrected chi connectivity index (χ2v) is 7.72. The topological polar surface area (TPSA) is 55.1 Å². The number of nitrogens with one attached hydrogen (secondary N) is 1. The highest BCUT2D eigenvalue weighted by atomic mass is 16.2. The Balaban J connectivity index is 1.54. The van der Waals surface area contributed by atoms with E-state index in [-0.39, 0.29) is 11.1 Å². The molecule has 1 amide bonds. The molecule has 0 aromatic carbocycles. The molecular weight excluding hydrogens is 224 g/mol. The first kappa shape index (κ1) is 11.3. The van der Waals surface area contributed by atoms with Crippen LogP contribution in [0.25, 0.3) is 0 Å². The van der Waals surface area contributed by atoms with Crippen molar-refractivity contribution in [1.82, 2.24) is 5.32 Å². The van der Waals surface area contributed by atoms with E-state index in [0.717, 1.165) is 31.1 Å². The molecule has 5 rings (SSSR count). The molecule has 0 aromatic heterocycles. The quantitative estimate of drug-likeness (QED) is 0.785. The number of carbonyl (C=O) groups is 1. The smallest absolute Gasteiger partial charge is 0.223 e. The Hall–Kier alpha value is -0.570. The first-order chi connectivity index (χ1) is 8.56. The van der Waals surface area contributed by atoms with Gasteiger partial charge in [0.05, 0.1) is 0 Å². The lowest BCUT2D eigenvalue weighted by atomic mass is 9.50. The second kappa shape index (κ2) is 3.50. The molecule has 3 heteroatoms. The summed E-state index contributed by atoms with van der Waals surface area (Å²) < 4.78 is 0. The van der Waals surface area contributed by atoms with Gasteiger partial charge in [0.2, 0.25) is 5.91 Å². The van der Waals surface area contributed by atoms with Crippen LogP contribution < -0.4 is 11.1 Å². The van der Waals surface area contributed by atoms with Crippen molar-refractivity contribution in [1.29, 1.82) is 0 Å². The summed E-state index contributed by atoms with van der Waals surface area (Å²) in [5.74, 6) is 2.19. The molecule has 0 aliphatic heterocycles. The van der Waals surface area contributed by atoms with Crippen LogP contribution in [0.5, 0.6) is 0 Å². The van der Waals surface area contributed by atoms with E-state index < -0.39 is 0 Å². The molecule has 0 saturated heterocycles. The van der Waals surface area contributed by atoms with E-state index in [0.29, 0.717) is 11.8 Å². The van der Waals surface area contributed by atoms with Crippen LogP contribution in [0.1, 0.15) is 57.8 Å². The van der Waals surface area contributed by atoms with Gasteiger partial charge in [-0.05, 0) is 63.2 Å². The van der Waals surface area contributed by atoms with Crippen LogP contribution in [0.3, 0.4) is 0 Å². The van der Waals surface area contributed by atoms with Gasteiger partial charge in [0, 0.05) is 17.0 Å². The normalized spacial score (nSPS) is 50.1.